The maximum atomic E-state index is 13.5. The number of nitrogens with two attached hydrogens (primary N) is 3. The first-order valence-electron chi connectivity index (χ1n) is 16.3. The van der Waals surface area contributed by atoms with Crippen molar-refractivity contribution in [2.75, 3.05) is 0 Å². The molecule has 0 aliphatic heterocycles. The van der Waals surface area contributed by atoms with Crippen LogP contribution in [-0.4, -0.2) is 99.8 Å². The van der Waals surface area contributed by atoms with Crippen LogP contribution in [0, 0.1) is 17.8 Å². The molecule has 0 bridgehead atoms. The number of carboxylic acid groups (broad SMARTS) is 2. The van der Waals surface area contributed by atoms with Crippen LogP contribution in [-0.2, 0) is 43.2 Å². The Hall–Kier alpha value is -4.81. The minimum atomic E-state index is -1.70. The molecule has 0 aromatic rings. The van der Waals surface area contributed by atoms with Gasteiger partial charge < -0.3 is 54.0 Å². The number of amides is 7. The first kappa shape index (κ1) is 45.2. The lowest BCUT2D eigenvalue weighted by molar-refractivity contribution is -0.144. The Kier molecular flexibility index (Phi) is 19.9. The molecule has 0 radical (unpaired) electrons. The van der Waals surface area contributed by atoms with Crippen LogP contribution in [0.2, 0.25) is 0 Å². The van der Waals surface area contributed by atoms with Gasteiger partial charge in [-0.25, -0.2) is 4.79 Å². The van der Waals surface area contributed by atoms with Gasteiger partial charge in [-0.05, 0) is 43.4 Å². The summed E-state index contributed by atoms with van der Waals surface area (Å²) in [5, 5.41) is 30.6. The van der Waals surface area contributed by atoms with Crippen LogP contribution in [0.5, 0.6) is 0 Å². The monoisotopic (exact) mass is 714 g/mol. The Labute approximate surface area is 290 Å². The van der Waals surface area contributed by atoms with Gasteiger partial charge in [0.1, 0.15) is 30.2 Å². The van der Waals surface area contributed by atoms with Crippen molar-refractivity contribution in [1.82, 2.24) is 26.6 Å². The second kappa shape index (κ2) is 22.0. The number of aliphatic carboxylic acids is 2. The second-order valence-electron chi connectivity index (χ2n) is 13.3. The minimum absolute atomic E-state index is 0.0270. The molecule has 0 rings (SSSR count). The zero-order chi connectivity index (χ0) is 38.9. The quantitative estimate of drug-likeness (QED) is 0.0499. The van der Waals surface area contributed by atoms with Gasteiger partial charge in [-0.1, -0.05) is 41.5 Å². The zero-order valence-corrected chi connectivity index (χ0v) is 29.4. The highest BCUT2D eigenvalue weighted by molar-refractivity contribution is 5.97. The molecular weight excluding hydrogens is 660 g/mol. The van der Waals surface area contributed by atoms with Crippen molar-refractivity contribution in [3.05, 3.63) is 0 Å². The smallest absolute Gasteiger partial charge is 0.326 e. The molecule has 0 aliphatic rings. The Balaban J connectivity index is 6.32. The molecule has 0 heterocycles. The van der Waals surface area contributed by atoms with Crippen molar-refractivity contribution in [3.63, 3.8) is 0 Å². The lowest BCUT2D eigenvalue weighted by atomic mass is 9.99. The largest absolute Gasteiger partial charge is 0.481 e. The summed E-state index contributed by atoms with van der Waals surface area (Å²) in [6.45, 7) is 10.4. The molecule has 19 heteroatoms. The first-order valence-corrected chi connectivity index (χ1v) is 16.3. The summed E-state index contributed by atoms with van der Waals surface area (Å²) in [5.41, 5.74) is 16.3. The lowest BCUT2D eigenvalue weighted by Crippen LogP contribution is -2.59. The summed E-state index contributed by atoms with van der Waals surface area (Å²) in [6, 6.07) is -8.23. The SMILES string of the molecule is CC(C)C[C@H](NC(=O)[C@H](CCC(=O)O)NC(=O)[C@H](CCC(N)=O)NC(=O)[C@H](CC(C)C)NC(=O)[C@@H](N)C(C)C)C(=O)N[C@@H](CC(N)=O)C(=O)O. The molecule has 6 atom stereocenters. The highest BCUT2D eigenvalue weighted by atomic mass is 16.4. The fourth-order valence-corrected chi connectivity index (χ4v) is 4.56. The van der Waals surface area contributed by atoms with Crippen LogP contribution in [0.15, 0.2) is 0 Å². The Bertz CT molecular complexity index is 1240. The van der Waals surface area contributed by atoms with Crippen LogP contribution >= 0.6 is 0 Å². The third-order valence-electron chi connectivity index (χ3n) is 7.31. The van der Waals surface area contributed by atoms with Gasteiger partial charge in [0.05, 0.1) is 12.5 Å². The molecule has 0 aromatic heterocycles. The summed E-state index contributed by atoms with van der Waals surface area (Å²) in [5.74, 6) is -9.68. The second-order valence-corrected chi connectivity index (χ2v) is 13.3. The van der Waals surface area contributed by atoms with Gasteiger partial charge in [0.25, 0.3) is 0 Å². The van der Waals surface area contributed by atoms with Crippen molar-refractivity contribution in [2.45, 2.75) is 123 Å². The number of hydrogen-bond acceptors (Lipinski definition) is 10. The summed E-state index contributed by atoms with van der Waals surface area (Å²) in [6.07, 6.45) is -2.41. The van der Waals surface area contributed by atoms with E-state index >= 15 is 0 Å². The number of carbonyl (C=O) groups is 9. The molecule has 0 spiro atoms. The van der Waals surface area contributed by atoms with E-state index in [-0.39, 0.29) is 43.4 Å². The number of carbonyl (C=O) groups excluding carboxylic acids is 7. The molecular formula is C31H54N8O11. The molecule has 284 valence electrons. The number of carboxylic acids is 2. The third-order valence-corrected chi connectivity index (χ3v) is 7.31. The topological polar surface area (TPSA) is 332 Å². The van der Waals surface area contributed by atoms with Crippen LogP contribution in [0.25, 0.3) is 0 Å². The predicted molar refractivity (Wildman–Crippen MR) is 178 cm³/mol. The van der Waals surface area contributed by atoms with Crippen molar-refractivity contribution < 1.29 is 53.4 Å². The number of primary amides is 2. The van der Waals surface area contributed by atoms with E-state index in [0.717, 1.165) is 0 Å². The molecule has 0 aliphatic carbocycles. The van der Waals surface area contributed by atoms with Gasteiger partial charge in [-0.2, -0.15) is 0 Å². The average Bonchev–Trinajstić information content (AvgIpc) is 2.98. The highest BCUT2D eigenvalue weighted by Gasteiger charge is 2.34. The molecule has 19 nitrogen and oxygen atoms in total. The minimum Gasteiger partial charge on any atom is -0.481 e. The average molecular weight is 715 g/mol. The number of hydrogen-bond donors (Lipinski definition) is 10. The Morgan fingerprint density at radius 2 is 0.880 bits per heavy atom. The van der Waals surface area contributed by atoms with Gasteiger partial charge in [0.2, 0.25) is 41.4 Å². The fraction of sp³-hybridized carbons (Fsp3) is 0.710. The van der Waals surface area contributed by atoms with Gasteiger partial charge in [-0.3, -0.25) is 38.4 Å². The van der Waals surface area contributed by atoms with E-state index in [1.165, 1.54) is 0 Å². The van der Waals surface area contributed by atoms with Gasteiger partial charge in [0, 0.05) is 12.8 Å². The van der Waals surface area contributed by atoms with E-state index in [0.29, 0.717) is 0 Å². The van der Waals surface area contributed by atoms with Crippen LogP contribution in [0.1, 0.15) is 86.5 Å². The van der Waals surface area contributed by atoms with Crippen molar-refractivity contribution in [2.24, 2.45) is 35.0 Å². The fourth-order valence-electron chi connectivity index (χ4n) is 4.56. The van der Waals surface area contributed by atoms with Crippen molar-refractivity contribution in [1.29, 1.82) is 0 Å². The van der Waals surface area contributed by atoms with Crippen LogP contribution in [0.3, 0.4) is 0 Å². The van der Waals surface area contributed by atoms with Gasteiger partial charge in [0.15, 0.2) is 0 Å². The highest BCUT2D eigenvalue weighted by Crippen LogP contribution is 2.11. The Morgan fingerprint density at radius 3 is 1.22 bits per heavy atom. The van der Waals surface area contributed by atoms with E-state index in [9.17, 15) is 53.4 Å². The molecule has 0 fully saturated rings. The predicted octanol–water partition coefficient (Wildman–Crippen LogP) is -2.42. The molecule has 0 aromatic carbocycles. The normalized spacial score (nSPS) is 14.8. The van der Waals surface area contributed by atoms with E-state index in [2.05, 4.69) is 26.6 Å². The zero-order valence-electron chi connectivity index (χ0n) is 29.4. The van der Waals surface area contributed by atoms with Gasteiger partial charge in [-0.15, -0.1) is 0 Å². The standard InChI is InChI=1S/C31H54N8O11/c1-14(2)11-19(29(47)39-21(31(49)50)13-23(33)41)37-27(45)18(8-10-24(42)43)35-26(44)17(7-9-22(32)40)36-28(46)20(12-15(3)4)38-30(48)25(34)16(5)6/h14-21,25H,7-13,34H2,1-6H3,(H2,32,40)(H2,33,41)(H,35,44)(H,36,46)(H,37,45)(H,38,48)(H,39,47)(H,42,43)(H,49,50)/t17-,18-,19-,20-,21-,25-/m0/s1. The molecule has 7 amide bonds. The molecule has 50 heavy (non-hydrogen) atoms. The molecule has 0 unspecified atom stereocenters. The van der Waals surface area contributed by atoms with Crippen LogP contribution in [0.4, 0.5) is 0 Å². The summed E-state index contributed by atoms with van der Waals surface area (Å²) >= 11 is 0. The van der Waals surface area contributed by atoms with Crippen LogP contribution < -0.4 is 43.8 Å². The summed E-state index contributed by atoms with van der Waals surface area (Å²) in [4.78, 5) is 112. The maximum Gasteiger partial charge on any atom is 0.326 e. The molecule has 0 saturated heterocycles. The maximum absolute atomic E-state index is 13.5. The lowest BCUT2D eigenvalue weighted by Gasteiger charge is -2.28. The molecule has 13 N–H and O–H groups in total. The van der Waals surface area contributed by atoms with E-state index in [4.69, 9.17) is 17.2 Å². The van der Waals surface area contributed by atoms with E-state index < -0.39 is 109 Å². The van der Waals surface area contributed by atoms with E-state index in [1.54, 1.807) is 41.5 Å². The summed E-state index contributed by atoms with van der Waals surface area (Å²) in [7, 11) is 0. The summed E-state index contributed by atoms with van der Waals surface area (Å²) < 4.78 is 0. The third kappa shape index (κ3) is 18.1. The van der Waals surface area contributed by atoms with Crippen molar-refractivity contribution >= 4 is 53.3 Å². The first-order chi connectivity index (χ1) is 23.0. The van der Waals surface area contributed by atoms with Gasteiger partial charge >= 0.3 is 11.9 Å². The molecule has 0 saturated carbocycles. The number of rotatable bonds is 24. The van der Waals surface area contributed by atoms with Crippen molar-refractivity contribution in [3.8, 4) is 0 Å². The Morgan fingerprint density at radius 1 is 0.520 bits per heavy atom. The number of nitrogens with one attached hydrogen (secondary N) is 5. The van der Waals surface area contributed by atoms with E-state index in [1.807, 2.05) is 0 Å².